The smallest absolute Gasteiger partial charge is 0.277 e. The minimum Gasteiger partial charge on any atom is -0.401 e. The lowest BCUT2D eigenvalue weighted by Crippen LogP contribution is -1.58. The van der Waals surface area contributed by atoms with Crippen LogP contribution in [0.1, 0.15) is 0 Å². The van der Waals surface area contributed by atoms with E-state index in [2.05, 4.69) is 23.7 Å². The van der Waals surface area contributed by atoms with E-state index in [-0.39, 0.29) is 0 Å². The van der Waals surface area contributed by atoms with Crippen molar-refractivity contribution in [1.82, 2.24) is 0 Å². The Morgan fingerprint density at radius 1 is 2.00 bits per heavy atom. The van der Waals surface area contributed by atoms with E-state index in [0.717, 1.165) is 0 Å². The first-order chi connectivity index (χ1) is 2.27. The Morgan fingerprint density at radius 2 is 2.20 bits per heavy atom. The van der Waals surface area contributed by atoms with Gasteiger partial charge in [-0.05, 0) is 6.58 Å². The maximum atomic E-state index is 10.9. The fourth-order valence-corrected chi connectivity index (χ4v) is 0. The SMILES string of the molecule is C=C(F)OS. The lowest BCUT2D eigenvalue weighted by molar-refractivity contribution is 0.353. The number of hydrogen-bond donors (Lipinski definition) is 1. The van der Waals surface area contributed by atoms with Crippen LogP contribution >= 0.6 is 12.9 Å². The van der Waals surface area contributed by atoms with Gasteiger partial charge in [0.05, 0.1) is 0 Å². The Balaban J connectivity index is 2.85. The van der Waals surface area contributed by atoms with Crippen LogP contribution in [0.3, 0.4) is 0 Å². The molecule has 3 heteroatoms. The summed E-state index contributed by atoms with van der Waals surface area (Å²) in [4.78, 5) is 0. The van der Waals surface area contributed by atoms with Crippen LogP contribution in [0.25, 0.3) is 0 Å². The van der Waals surface area contributed by atoms with Gasteiger partial charge in [0.15, 0.2) is 0 Å². The predicted molar refractivity (Wildman–Crippen MR) is 20.3 cm³/mol. The average Bonchev–Trinajstić information content (AvgIpc) is 1.38. The van der Waals surface area contributed by atoms with E-state index < -0.39 is 6.01 Å². The Bertz CT molecular complexity index is 44.9. The third kappa shape index (κ3) is 3.82. The molecule has 0 spiro atoms. The van der Waals surface area contributed by atoms with E-state index in [1.807, 2.05) is 0 Å². The largest absolute Gasteiger partial charge is 0.401 e. The van der Waals surface area contributed by atoms with Gasteiger partial charge in [0.1, 0.15) is 0 Å². The Hall–Kier alpha value is -0.180. The van der Waals surface area contributed by atoms with Crippen LogP contribution in [-0.4, -0.2) is 0 Å². The first-order valence-corrected chi connectivity index (χ1v) is 1.29. The molecule has 30 valence electrons. The summed E-state index contributed by atoms with van der Waals surface area (Å²) in [7, 11) is 0. The second-order valence-electron chi connectivity index (χ2n) is 0.446. The third-order valence-corrected chi connectivity index (χ3v) is 0.297. The van der Waals surface area contributed by atoms with Gasteiger partial charge >= 0.3 is 0 Å². The summed E-state index contributed by atoms with van der Waals surface area (Å²) in [5.41, 5.74) is 0. The molecule has 0 aliphatic carbocycles. The van der Waals surface area contributed by atoms with Crippen molar-refractivity contribution in [1.29, 1.82) is 0 Å². The second-order valence-corrected chi connectivity index (χ2v) is 0.629. The summed E-state index contributed by atoms with van der Waals surface area (Å²) in [6.07, 6.45) is 0. The number of halogens is 1. The topological polar surface area (TPSA) is 9.23 Å². The molecular formula is C2H3FOS. The molecule has 0 rings (SSSR count). The van der Waals surface area contributed by atoms with Gasteiger partial charge in [-0.3, -0.25) is 0 Å². The molecule has 0 N–H and O–H groups in total. The highest BCUT2D eigenvalue weighted by Crippen LogP contribution is 1.93. The van der Waals surface area contributed by atoms with Gasteiger partial charge in [0.25, 0.3) is 6.01 Å². The molecule has 0 aliphatic heterocycles. The maximum Gasteiger partial charge on any atom is 0.277 e. The normalized spacial score (nSPS) is 6.80. The first kappa shape index (κ1) is 4.82. The molecule has 0 saturated heterocycles. The molecule has 0 aromatic rings. The third-order valence-electron chi connectivity index (χ3n) is 0.0991. The van der Waals surface area contributed by atoms with E-state index >= 15 is 0 Å². The van der Waals surface area contributed by atoms with Gasteiger partial charge in [0.2, 0.25) is 0 Å². The highest BCUT2D eigenvalue weighted by Gasteiger charge is 1.74. The molecule has 0 fully saturated rings. The van der Waals surface area contributed by atoms with Gasteiger partial charge in [-0.15, -0.1) is 0 Å². The Kier molecular flexibility index (Phi) is 2.01. The lowest BCUT2D eigenvalue weighted by atomic mass is 11.1. The molecule has 0 unspecified atom stereocenters. The fourth-order valence-electron chi connectivity index (χ4n) is 0. The zero-order valence-corrected chi connectivity index (χ0v) is 3.33. The van der Waals surface area contributed by atoms with Gasteiger partial charge in [-0.25, -0.2) is 0 Å². The van der Waals surface area contributed by atoms with E-state index in [0.29, 0.717) is 0 Å². The highest BCUT2D eigenvalue weighted by atomic mass is 32.1. The van der Waals surface area contributed by atoms with Crippen LogP contribution < -0.4 is 0 Å². The first-order valence-electron chi connectivity index (χ1n) is 0.929. The molecule has 0 bridgehead atoms. The van der Waals surface area contributed by atoms with Gasteiger partial charge in [-0.1, -0.05) is 0 Å². The molecule has 0 saturated carbocycles. The predicted octanol–water partition coefficient (Wildman–Crippen LogP) is 1.29. The second kappa shape index (κ2) is 2.08. The van der Waals surface area contributed by atoms with Gasteiger partial charge < -0.3 is 4.18 Å². The van der Waals surface area contributed by atoms with Crippen molar-refractivity contribution < 1.29 is 8.57 Å². The van der Waals surface area contributed by atoms with Crippen LogP contribution in [-0.2, 0) is 4.18 Å². The van der Waals surface area contributed by atoms with E-state index in [1.165, 1.54) is 0 Å². The van der Waals surface area contributed by atoms with Crippen molar-refractivity contribution >= 4 is 12.9 Å². The van der Waals surface area contributed by atoms with Crippen molar-refractivity contribution in [3.05, 3.63) is 12.6 Å². The quantitative estimate of drug-likeness (QED) is 0.292. The summed E-state index contributed by atoms with van der Waals surface area (Å²) in [5.74, 6) is 0. The minimum absolute atomic E-state index is 0.881. The summed E-state index contributed by atoms with van der Waals surface area (Å²) in [5, 5.41) is 0. The number of thiol groups is 1. The average molecular weight is 94.1 g/mol. The van der Waals surface area contributed by atoms with Crippen LogP contribution in [0.2, 0.25) is 0 Å². The maximum absolute atomic E-state index is 10.9. The summed E-state index contributed by atoms with van der Waals surface area (Å²) in [6.45, 7) is 2.71. The molecule has 0 atom stereocenters. The molecule has 0 radical (unpaired) electrons. The molecule has 1 nitrogen and oxygen atoms in total. The number of rotatable bonds is 1. The lowest BCUT2D eigenvalue weighted by Gasteiger charge is -1.79. The van der Waals surface area contributed by atoms with Gasteiger partial charge in [-0.2, -0.15) is 4.39 Å². The molecule has 0 heterocycles. The number of hydrogen-bond acceptors (Lipinski definition) is 2. The molecule has 0 aromatic carbocycles. The Labute approximate surface area is 35.1 Å². The van der Waals surface area contributed by atoms with Crippen LogP contribution in [0, 0.1) is 0 Å². The van der Waals surface area contributed by atoms with Crippen LogP contribution in [0.5, 0.6) is 0 Å². The zero-order valence-electron chi connectivity index (χ0n) is 2.44. The summed E-state index contributed by atoms with van der Waals surface area (Å²) < 4.78 is 14.5. The highest BCUT2D eigenvalue weighted by molar-refractivity contribution is 7.75. The molecule has 0 aromatic heterocycles. The zero-order chi connectivity index (χ0) is 4.28. The van der Waals surface area contributed by atoms with Crippen molar-refractivity contribution in [2.75, 3.05) is 0 Å². The Morgan fingerprint density at radius 3 is 2.20 bits per heavy atom. The molecule has 0 amide bonds. The summed E-state index contributed by atoms with van der Waals surface area (Å²) >= 11 is 3.04. The molecule has 0 aliphatic rings. The fraction of sp³-hybridized carbons (Fsp3) is 0. The van der Waals surface area contributed by atoms with Crippen molar-refractivity contribution in [2.24, 2.45) is 0 Å². The standard InChI is InChI=1S/C2H3FOS/c1-2(3)4-5/h5H,1H2. The monoisotopic (exact) mass is 94.0 g/mol. The van der Waals surface area contributed by atoms with Crippen molar-refractivity contribution in [3.63, 3.8) is 0 Å². The van der Waals surface area contributed by atoms with Gasteiger partial charge in [0, 0.05) is 12.9 Å². The summed E-state index contributed by atoms with van der Waals surface area (Å²) in [6, 6.07) is -0.881. The van der Waals surface area contributed by atoms with E-state index in [9.17, 15) is 4.39 Å². The van der Waals surface area contributed by atoms with Crippen LogP contribution in [0.15, 0.2) is 12.6 Å². The minimum atomic E-state index is -0.881. The molecular weight excluding hydrogens is 91.1 g/mol. The van der Waals surface area contributed by atoms with E-state index in [4.69, 9.17) is 0 Å². The molecule has 5 heavy (non-hydrogen) atoms. The van der Waals surface area contributed by atoms with E-state index in [1.54, 1.807) is 0 Å². The van der Waals surface area contributed by atoms with Crippen molar-refractivity contribution in [3.8, 4) is 0 Å². The van der Waals surface area contributed by atoms with Crippen LogP contribution in [0.4, 0.5) is 4.39 Å². The van der Waals surface area contributed by atoms with Crippen molar-refractivity contribution in [2.45, 2.75) is 0 Å².